The first-order chi connectivity index (χ1) is 8.66. The van der Waals surface area contributed by atoms with Gasteiger partial charge in [0.05, 0.1) is 6.61 Å². The normalized spacial score (nSPS) is 19.8. The molecule has 1 heterocycles. The van der Waals surface area contributed by atoms with Gasteiger partial charge in [0.1, 0.15) is 5.75 Å². The van der Waals surface area contributed by atoms with Crippen molar-refractivity contribution in [1.29, 1.82) is 0 Å². The highest BCUT2D eigenvalue weighted by molar-refractivity contribution is 5.42. The van der Waals surface area contributed by atoms with Crippen LogP contribution in [0.3, 0.4) is 0 Å². The molecule has 1 aliphatic rings. The van der Waals surface area contributed by atoms with E-state index in [1.54, 1.807) is 0 Å². The molecule has 1 saturated heterocycles. The van der Waals surface area contributed by atoms with Gasteiger partial charge in [-0.15, -0.1) is 0 Å². The molecule has 0 aliphatic carbocycles. The van der Waals surface area contributed by atoms with Crippen LogP contribution in [-0.4, -0.2) is 19.2 Å². The average molecular weight is 247 g/mol. The van der Waals surface area contributed by atoms with E-state index in [0.717, 1.165) is 18.8 Å². The second kappa shape index (κ2) is 6.24. The van der Waals surface area contributed by atoms with E-state index in [-0.39, 0.29) is 0 Å². The molecule has 1 atom stereocenters. The lowest BCUT2D eigenvalue weighted by Gasteiger charge is -2.23. The van der Waals surface area contributed by atoms with Crippen LogP contribution >= 0.6 is 0 Å². The fourth-order valence-electron chi connectivity index (χ4n) is 2.87. The van der Waals surface area contributed by atoms with Gasteiger partial charge >= 0.3 is 0 Å². The van der Waals surface area contributed by atoms with E-state index in [9.17, 15) is 0 Å². The number of hydrogen-bond acceptors (Lipinski definition) is 2. The molecule has 2 nitrogen and oxygen atoms in total. The Hall–Kier alpha value is -1.02. The van der Waals surface area contributed by atoms with Crippen molar-refractivity contribution in [3.8, 4) is 5.75 Å². The Bertz CT molecular complexity index is 371. The minimum atomic E-state index is 0.657. The van der Waals surface area contributed by atoms with Crippen molar-refractivity contribution < 1.29 is 4.74 Å². The first-order valence-corrected chi connectivity index (χ1v) is 7.11. The molecule has 1 N–H and O–H groups in total. The first kappa shape index (κ1) is 13.4. The molecule has 0 amide bonds. The lowest BCUT2D eigenvalue weighted by molar-refractivity contribution is 0.265. The SMILES string of the molecule is Cc1cc(C)c(OCCC2CCCCN2)c(C)c1. The summed E-state index contributed by atoms with van der Waals surface area (Å²) in [5, 5.41) is 3.56. The van der Waals surface area contributed by atoms with Crippen molar-refractivity contribution >= 4 is 0 Å². The highest BCUT2D eigenvalue weighted by Gasteiger charge is 2.13. The maximum absolute atomic E-state index is 5.99. The summed E-state index contributed by atoms with van der Waals surface area (Å²) in [5.74, 6) is 1.08. The smallest absolute Gasteiger partial charge is 0.125 e. The highest BCUT2D eigenvalue weighted by atomic mass is 16.5. The summed E-state index contributed by atoms with van der Waals surface area (Å²) in [5.41, 5.74) is 3.82. The standard InChI is InChI=1S/C16H25NO/c1-12-10-13(2)16(14(3)11-12)18-9-7-15-6-4-5-8-17-15/h10-11,15,17H,4-9H2,1-3H3. The molecule has 1 aliphatic heterocycles. The van der Waals surface area contributed by atoms with Crippen LogP contribution in [0.5, 0.6) is 5.75 Å². The molecule has 0 bridgehead atoms. The van der Waals surface area contributed by atoms with Crippen molar-refractivity contribution in [2.24, 2.45) is 0 Å². The van der Waals surface area contributed by atoms with Gasteiger partial charge in [0, 0.05) is 6.04 Å². The third-order valence-electron chi connectivity index (χ3n) is 3.73. The van der Waals surface area contributed by atoms with Crippen LogP contribution in [0.4, 0.5) is 0 Å². The Balaban J connectivity index is 1.86. The van der Waals surface area contributed by atoms with E-state index in [2.05, 4.69) is 38.2 Å². The summed E-state index contributed by atoms with van der Waals surface area (Å²) in [7, 11) is 0. The zero-order chi connectivity index (χ0) is 13.0. The lowest BCUT2D eigenvalue weighted by atomic mass is 10.0. The van der Waals surface area contributed by atoms with Crippen molar-refractivity contribution in [2.45, 2.75) is 52.5 Å². The number of aryl methyl sites for hydroxylation is 3. The second-order valence-corrected chi connectivity index (χ2v) is 5.51. The molecule has 2 rings (SSSR count). The predicted molar refractivity (Wildman–Crippen MR) is 76.4 cm³/mol. The topological polar surface area (TPSA) is 21.3 Å². The zero-order valence-corrected chi connectivity index (χ0v) is 11.9. The zero-order valence-electron chi connectivity index (χ0n) is 11.9. The van der Waals surface area contributed by atoms with Crippen LogP contribution < -0.4 is 10.1 Å². The van der Waals surface area contributed by atoms with Crippen molar-refractivity contribution in [3.63, 3.8) is 0 Å². The molecule has 1 aromatic carbocycles. The Morgan fingerprint density at radius 3 is 2.50 bits per heavy atom. The maximum Gasteiger partial charge on any atom is 0.125 e. The minimum absolute atomic E-state index is 0.657. The quantitative estimate of drug-likeness (QED) is 0.879. The Kier molecular flexibility index (Phi) is 4.65. The van der Waals surface area contributed by atoms with Crippen LogP contribution in [0.25, 0.3) is 0 Å². The van der Waals surface area contributed by atoms with Gasteiger partial charge in [-0.1, -0.05) is 24.1 Å². The highest BCUT2D eigenvalue weighted by Crippen LogP contribution is 2.24. The van der Waals surface area contributed by atoms with Crippen LogP contribution in [0, 0.1) is 20.8 Å². The molecule has 1 aromatic rings. The van der Waals surface area contributed by atoms with Gasteiger partial charge < -0.3 is 10.1 Å². The van der Waals surface area contributed by atoms with Gasteiger partial charge in [-0.05, 0) is 57.7 Å². The van der Waals surface area contributed by atoms with E-state index in [0.29, 0.717) is 6.04 Å². The Morgan fingerprint density at radius 2 is 1.89 bits per heavy atom. The second-order valence-electron chi connectivity index (χ2n) is 5.51. The van der Waals surface area contributed by atoms with Crippen LogP contribution in [0.2, 0.25) is 0 Å². The molecule has 100 valence electrons. The number of rotatable bonds is 4. The molecule has 18 heavy (non-hydrogen) atoms. The third kappa shape index (κ3) is 3.49. The van der Waals surface area contributed by atoms with Crippen molar-refractivity contribution in [2.75, 3.05) is 13.2 Å². The van der Waals surface area contributed by atoms with E-state index < -0.39 is 0 Å². The van der Waals surface area contributed by atoms with Gasteiger partial charge in [-0.2, -0.15) is 0 Å². The van der Waals surface area contributed by atoms with E-state index in [4.69, 9.17) is 4.74 Å². The van der Waals surface area contributed by atoms with Crippen molar-refractivity contribution in [1.82, 2.24) is 5.32 Å². The average Bonchev–Trinajstić information content (AvgIpc) is 2.34. The predicted octanol–water partition coefficient (Wildman–Crippen LogP) is 3.52. The molecule has 0 radical (unpaired) electrons. The lowest BCUT2D eigenvalue weighted by Crippen LogP contribution is -2.35. The molecule has 0 aromatic heterocycles. The van der Waals surface area contributed by atoms with Crippen LogP contribution in [-0.2, 0) is 0 Å². The fourth-order valence-corrected chi connectivity index (χ4v) is 2.87. The van der Waals surface area contributed by atoms with Crippen LogP contribution in [0.15, 0.2) is 12.1 Å². The monoisotopic (exact) mass is 247 g/mol. The fraction of sp³-hybridized carbons (Fsp3) is 0.625. The summed E-state index contributed by atoms with van der Waals surface area (Å²) in [6.45, 7) is 8.40. The Morgan fingerprint density at radius 1 is 1.17 bits per heavy atom. The van der Waals surface area contributed by atoms with Gasteiger partial charge in [0.25, 0.3) is 0 Å². The number of nitrogens with one attached hydrogen (secondary N) is 1. The third-order valence-corrected chi connectivity index (χ3v) is 3.73. The number of piperidine rings is 1. The Labute approximate surface area is 111 Å². The molecule has 2 heteroatoms. The van der Waals surface area contributed by atoms with E-state index in [1.807, 2.05) is 0 Å². The van der Waals surface area contributed by atoms with Gasteiger partial charge in [-0.25, -0.2) is 0 Å². The maximum atomic E-state index is 5.99. The summed E-state index contributed by atoms with van der Waals surface area (Å²) in [4.78, 5) is 0. The van der Waals surface area contributed by atoms with Gasteiger partial charge in [-0.3, -0.25) is 0 Å². The van der Waals surface area contributed by atoms with Crippen LogP contribution in [0.1, 0.15) is 42.4 Å². The van der Waals surface area contributed by atoms with Gasteiger partial charge in [0.15, 0.2) is 0 Å². The van der Waals surface area contributed by atoms with Crippen molar-refractivity contribution in [3.05, 3.63) is 28.8 Å². The van der Waals surface area contributed by atoms with E-state index in [1.165, 1.54) is 42.5 Å². The molecular weight excluding hydrogens is 222 g/mol. The number of benzene rings is 1. The molecule has 0 spiro atoms. The summed E-state index contributed by atoms with van der Waals surface area (Å²) in [6.07, 6.45) is 5.11. The van der Waals surface area contributed by atoms with Gasteiger partial charge in [0.2, 0.25) is 0 Å². The molecule has 0 saturated carbocycles. The molecule has 1 fully saturated rings. The number of ether oxygens (including phenoxy) is 1. The first-order valence-electron chi connectivity index (χ1n) is 7.11. The molecular formula is C16H25NO. The summed E-state index contributed by atoms with van der Waals surface area (Å²) < 4.78 is 5.99. The number of hydrogen-bond donors (Lipinski definition) is 1. The van der Waals surface area contributed by atoms with E-state index >= 15 is 0 Å². The summed E-state index contributed by atoms with van der Waals surface area (Å²) in [6, 6.07) is 5.05. The molecule has 1 unspecified atom stereocenters. The summed E-state index contributed by atoms with van der Waals surface area (Å²) >= 11 is 0. The largest absolute Gasteiger partial charge is 0.493 e. The minimum Gasteiger partial charge on any atom is -0.493 e.